The molecule has 5 aromatic rings. The van der Waals surface area contributed by atoms with Crippen LogP contribution in [0.2, 0.25) is 10.3 Å². The SMILES string of the molecule is O=C(Cn1cnc2c(Nc3cnc4ccccc4c3)nc(Cl)nc21)c1ccc(Cl)cc1. The molecule has 0 fully saturated rings. The number of pyridine rings is 1. The monoisotopic (exact) mass is 448 g/mol. The Bertz CT molecular complexity index is 1430. The fraction of sp³-hybridized carbons (Fsp3) is 0.0455. The lowest BCUT2D eigenvalue weighted by Gasteiger charge is -2.08. The van der Waals surface area contributed by atoms with Crippen molar-refractivity contribution in [2.24, 2.45) is 0 Å². The minimum absolute atomic E-state index is 0.0458. The maximum atomic E-state index is 12.7. The van der Waals surface area contributed by atoms with Gasteiger partial charge in [0.05, 0.1) is 30.3 Å². The van der Waals surface area contributed by atoms with E-state index >= 15 is 0 Å². The molecule has 0 atom stereocenters. The molecule has 31 heavy (non-hydrogen) atoms. The van der Waals surface area contributed by atoms with Gasteiger partial charge in [0, 0.05) is 16.0 Å². The van der Waals surface area contributed by atoms with Gasteiger partial charge < -0.3 is 9.88 Å². The van der Waals surface area contributed by atoms with Crippen LogP contribution in [0.1, 0.15) is 10.4 Å². The molecular formula is C22H14Cl2N6O. The Hall–Kier alpha value is -3.55. The molecule has 0 radical (unpaired) electrons. The Morgan fingerprint density at radius 1 is 1.00 bits per heavy atom. The van der Waals surface area contributed by atoms with Crippen molar-refractivity contribution in [3.63, 3.8) is 0 Å². The number of imidazole rings is 1. The molecule has 1 N–H and O–H groups in total. The average Bonchev–Trinajstić information content (AvgIpc) is 3.16. The number of Topliss-reactive ketones (excluding diaryl/α,β-unsaturated/α-hetero) is 1. The number of hydrogen-bond donors (Lipinski definition) is 1. The van der Waals surface area contributed by atoms with Gasteiger partial charge in [0.25, 0.3) is 0 Å². The predicted molar refractivity (Wildman–Crippen MR) is 121 cm³/mol. The molecule has 152 valence electrons. The molecule has 0 amide bonds. The van der Waals surface area contributed by atoms with Crippen LogP contribution in [-0.2, 0) is 6.54 Å². The lowest BCUT2D eigenvalue weighted by Crippen LogP contribution is -2.10. The number of anilines is 2. The van der Waals surface area contributed by atoms with E-state index in [9.17, 15) is 4.79 Å². The second-order valence-corrected chi connectivity index (χ2v) is 7.63. The largest absolute Gasteiger partial charge is 0.337 e. The number of nitrogens with one attached hydrogen (secondary N) is 1. The molecule has 3 aromatic heterocycles. The standard InChI is InChI=1S/C22H14Cl2N6O/c23-15-7-5-13(6-8-15)18(31)11-30-12-26-19-20(28-22(24)29-21(19)30)27-16-9-14-3-1-2-4-17(14)25-10-16/h1-10,12H,11H2,(H,27,28,29). The topological polar surface area (TPSA) is 85.6 Å². The summed E-state index contributed by atoms with van der Waals surface area (Å²) in [7, 11) is 0. The summed E-state index contributed by atoms with van der Waals surface area (Å²) in [6.07, 6.45) is 3.26. The smallest absolute Gasteiger partial charge is 0.226 e. The first kappa shape index (κ1) is 19.4. The summed E-state index contributed by atoms with van der Waals surface area (Å²) < 4.78 is 1.64. The van der Waals surface area contributed by atoms with Crippen LogP contribution in [0.25, 0.3) is 22.1 Å². The van der Waals surface area contributed by atoms with Crippen LogP contribution >= 0.6 is 23.2 Å². The lowest BCUT2D eigenvalue weighted by molar-refractivity contribution is 0.0973. The first-order chi connectivity index (χ1) is 15.1. The molecule has 0 bridgehead atoms. The summed E-state index contributed by atoms with van der Waals surface area (Å²) in [4.78, 5) is 30.1. The third-order valence-corrected chi connectivity index (χ3v) is 5.19. The number of nitrogens with zero attached hydrogens (tertiary/aromatic N) is 5. The van der Waals surface area contributed by atoms with E-state index < -0.39 is 0 Å². The van der Waals surface area contributed by atoms with Gasteiger partial charge in [-0.05, 0) is 48.0 Å². The van der Waals surface area contributed by atoms with Gasteiger partial charge in [-0.1, -0.05) is 29.8 Å². The van der Waals surface area contributed by atoms with Gasteiger partial charge in [0.2, 0.25) is 5.28 Å². The summed E-state index contributed by atoms with van der Waals surface area (Å²) in [6.45, 7) is 0.0580. The van der Waals surface area contributed by atoms with Gasteiger partial charge in [0.1, 0.15) is 0 Å². The molecule has 0 aliphatic rings. The fourth-order valence-corrected chi connectivity index (χ4v) is 3.57. The third kappa shape index (κ3) is 3.93. The summed E-state index contributed by atoms with van der Waals surface area (Å²) in [5.41, 5.74) is 3.14. The van der Waals surface area contributed by atoms with Crippen LogP contribution in [0.15, 0.2) is 67.1 Å². The van der Waals surface area contributed by atoms with E-state index in [4.69, 9.17) is 23.2 Å². The van der Waals surface area contributed by atoms with Gasteiger partial charge in [-0.25, -0.2) is 4.98 Å². The Kier molecular flexibility index (Phi) is 4.97. The number of aromatic nitrogens is 5. The first-order valence-corrected chi connectivity index (χ1v) is 10.1. The fourth-order valence-electron chi connectivity index (χ4n) is 3.28. The maximum Gasteiger partial charge on any atom is 0.226 e. The maximum absolute atomic E-state index is 12.7. The number of carbonyl (C=O) groups excluding carboxylic acids is 1. The lowest BCUT2D eigenvalue weighted by atomic mass is 10.1. The number of fused-ring (bicyclic) bond motifs is 2. The van der Waals surface area contributed by atoms with E-state index in [1.807, 2.05) is 30.3 Å². The molecule has 0 saturated carbocycles. The Morgan fingerprint density at radius 3 is 2.65 bits per heavy atom. The Labute approximate surface area is 186 Å². The highest BCUT2D eigenvalue weighted by atomic mass is 35.5. The van der Waals surface area contributed by atoms with Crippen molar-refractivity contribution < 1.29 is 4.79 Å². The van der Waals surface area contributed by atoms with Gasteiger partial charge in [-0.2, -0.15) is 9.97 Å². The normalized spacial score (nSPS) is 11.2. The Balaban J connectivity index is 1.48. The molecule has 0 aliphatic heterocycles. The quantitative estimate of drug-likeness (QED) is 0.289. The minimum Gasteiger partial charge on any atom is -0.337 e. The van der Waals surface area contributed by atoms with Crippen molar-refractivity contribution in [3.05, 3.63) is 83.0 Å². The second-order valence-electron chi connectivity index (χ2n) is 6.86. The molecule has 2 aromatic carbocycles. The summed E-state index contributed by atoms with van der Waals surface area (Å²) in [6, 6.07) is 16.5. The van der Waals surface area contributed by atoms with Crippen molar-refractivity contribution in [1.82, 2.24) is 24.5 Å². The second kappa shape index (κ2) is 7.94. The molecule has 0 spiro atoms. The molecular weight excluding hydrogens is 435 g/mol. The van der Waals surface area contributed by atoms with Crippen molar-refractivity contribution in [3.8, 4) is 0 Å². The van der Waals surface area contributed by atoms with Crippen molar-refractivity contribution in [1.29, 1.82) is 0 Å². The van der Waals surface area contributed by atoms with Crippen LogP contribution in [0.5, 0.6) is 0 Å². The van der Waals surface area contributed by atoms with E-state index in [2.05, 4.69) is 25.3 Å². The number of rotatable bonds is 5. The molecule has 5 rings (SSSR count). The highest BCUT2D eigenvalue weighted by Gasteiger charge is 2.16. The van der Waals surface area contributed by atoms with Crippen LogP contribution < -0.4 is 5.32 Å². The van der Waals surface area contributed by atoms with E-state index in [1.165, 1.54) is 0 Å². The number of benzene rings is 2. The molecule has 9 heteroatoms. The summed E-state index contributed by atoms with van der Waals surface area (Å²) >= 11 is 12.1. The van der Waals surface area contributed by atoms with E-state index in [-0.39, 0.29) is 17.6 Å². The number of para-hydroxylation sites is 1. The van der Waals surface area contributed by atoms with Crippen LogP contribution in [0.3, 0.4) is 0 Å². The molecule has 0 aliphatic carbocycles. The van der Waals surface area contributed by atoms with Crippen molar-refractivity contribution >= 4 is 62.6 Å². The summed E-state index contributed by atoms with van der Waals surface area (Å²) in [5, 5.41) is 4.82. The van der Waals surface area contributed by atoms with E-state index in [1.54, 1.807) is 41.4 Å². The molecule has 7 nitrogen and oxygen atoms in total. The third-order valence-electron chi connectivity index (χ3n) is 4.77. The molecule has 0 saturated heterocycles. The number of halogens is 2. The zero-order valence-corrected chi connectivity index (χ0v) is 17.5. The summed E-state index contributed by atoms with van der Waals surface area (Å²) in [5.74, 6) is 0.337. The number of hydrogen-bond acceptors (Lipinski definition) is 6. The van der Waals surface area contributed by atoms with Gasteiger partial charge in [-0.3, -0.25) is 9.78 Å². The molecule has 3 heterocycles. The van der Waals surface area contributed by atoms with Crippen molar-refractivity contribution in [2.45, 2.75) is 6.54 Å². The van der Waals surface area contributed by atoms with E-state index in [0.29, 0.717) is 27.6 Å². The van der Waals surface area contributed by atoms with Crippen molar-refractivity contribution in [2.75, 3.05) is 5.32 Å². The molecule has 0 unspecified atom stereocenters. The number of ketones is 1. The minimum atomic E-state index is -0.0982. The highest BCUT2D eigenvalue weighted by Crippen LogP contribution is 2.26. The van der Waals surface area contributed by atoms with Crippen LogP contribution in [-0.4, -0.2) is 30.3 Å². The Morgan fingerprint density at radius 2 is 1.81 bits per heavy atom. The van der Waals surface area contributed by atoms with E-state index in [0.717, 1.165) is 16.6 Å². The first-order valence-electron chi connectivity index (χ1n) is 9.36. The predicted octanol–water partition coefficient (Wildman–Crippen LogP) is 5.31. The zero-order chi connectivity index (χ0) is 21.4. The van der Waals surface area contributed by atoms with Crippen LogP contribution in [0, 0.1) is 0 Å². The van der Waals surface area contributed by atoms with Gasteiger partial charge in [0.15, 0.2) is 22.8 Å². The zero-order valence-electron chi connectivity index (χ0n) is 16.0. The highest BCUT2D eigenvalue weighted by molar-refractivity contribution is 6.30. The van der Waals surface area contributed by atoms with Crippen LogP contribution in [0.4, 0.5) is 11.5 Å². The average molecular weight is 449 g/mol. The van der Waals surface area contributed by atoms with Gasteiger partial charge in [-0.15, -0.1) is 0 Å². The number of carbonyl (C=O) groups is 1. The van der Waals surface area contributed by atoms with Gasteiger partial charge >= 0.3 is 0 Å².